The fourth-order valence-electron chi connectivity index (χ4n) is 2.12. The molecule has 146 valence electrons. The fraction of sp³-hybridized carbons (Fsp3) is 0.278. The lowest BCUT2D eigenvalue weighted by atomic mass is 10.2. The van der Waals surface area contributed by atoms with Crippen molar-refractivity contribution in [2.75, 3.05) is 26.9 Å². The Labute approximate surface area is 163 Å². The van der Waals surface area contributed by atoms with E-state index < -0.39 is 10.0 Å². The van der Waals surface area contributed by atoms with Crippen molar-refractivity contribution in [2.24, 2.45) is 0 Å². The summed E-state index contributed by atoms with van der Waals surface area (Å²) >= 11 is 6.08. The average molecular weight is 413 g/mol. The lowest BCUT2D eigenvalue weighted by molar-refractivity contribution is -0.123. The molecular weight excluding hydrogens is 392 g/mol. The topological polar surface area (TPSA) is 93.7 Å². The van der Waals surface area contributed by atoms with Gasteiger partial charge in [-0.3, -0.25) is 4.79 Å². The van der Waals surface area contributed by atoms with E-state index in [1.807, 2.05) is 30.3 Å². The van der Waals surface area contributed by atoms with Crippen LogP contribution in [-0.4, -0.2) is 41.2 Å². The molecule has 0 aliphatic carbocycles. The first-order valence-corrected chi connectivity index (χ1v) is 10.00. The summed E-state index contributed by atoms with van der Waals surface area (Å²) in [7, 11) is -2.21. The fourth-order valence-corrected chi connectivity index (χ4v) is 3.46. The van der Waals surface area contributed by atoms with Gasteiger partial charge in [-0.05, 0) is 23.8 Å². The molecule has 0 spiro atoms. The molecule has 0 atom stereocenters. The number of hydrogen-bond donors (Lipinski definition) is 2. The Morgan fingerprint density at radius 3 is 2.56 bits per heavy atom. The number of hydrogen-bond acceptors (Lipinski definition) is 5. The van der Waals surface area contributed by atoms with E-state index >= 15 is 0 Å². The van der Waals surface area contributed by atoms with Crippen LogP contribution < -0.4 is 14.8 Å². The molecule has 2 aromatic rings. The SMILES string of the molecule is COCCNS(=O)(=O)c1ccc(OCC(=O)NCc2ccccc2)c(Cl)c1. The molecule has 0 fully saturated rings. The van der Waals surface area contributed by atoms with Crippen molar-refractivity contribution in [1.29, 1.82) is 0 Å². The van der Waals surface area contributed by atoms with Crippen LogP contribution in [0.1, 0.15) is 5.56 Å². The van der Waals surface area contributed by atoms with E-state index in [0.29, 0.717) is 6.54 Å². The van der Waals surface area contributed by atoms with Gasteiger partial charge in [-0.15, -0.1) is 0 Å². The van der Waals surface area contributed by atoms with Crippen LogP contribution in [0, 0.1) is 0 Å². The van der Waals surface area contributed by atoms with Crippen molar-refractivity contribution in [1.82, 2.24) is 10.0 Å². The molecule has 0 saturated carbocycles. The second-order valence-electron chi connectivity index (χ2n) is 5.53. The first-order chi connectivity index (χ1) is 12.9. The van der Waals surface area contributed by atoms with Crippen molar-refractivity contribution in [3.8, 4) is 5.75 Å². The van der Waals surface area contributed by atoms with Crippen molar-refractivity contribution in [2.45, 2.75) is 11.4 Å². The Bertz CT molecular complexity index is 859. The molecule has 1 amide bonds. The monoisotopic (exact) mass is 412 g/mol. The Balaban J connectivity index is 1.89. The molecule has 9 heteroatoms. The summed E-state index contributed by atoms with van der Waals surface area (Å²) in [6, 6.07) is 13.5. The molecule has 0 aliphatic heterocycles. The third kappa shape index (κ3) is 6.84. The number of carbonyl (C=O) groups excluding carboxylic acids is 1. The van der Waals surface area contributed by atoms with Crippen LogP contribution in [0.4, 0.5) is 0 Å². The van der Waals surface area contributed by atoms with Crippen LogP contribution in [0.15, 0.2) is 53.4 Å². The first kappa shape index (κ1) is 21.2. The zero-order valence-corrected chi connectivity index (χ0v) is 16.3. The summed E-state index contributed by atoms with van der Waals surface area (Å²) in [4.78, 5) is 11.9. The van der Waals surface area contributed by atoms with Gasteiger partial charge in [0.05, 0.1) is 16.5 Å². The van der Waals surface area contributed by atoms with E-state index in [1.165, 1.54) is 25.3 Å². The first-order valence-electron chi connectivity index (χ1n) is 8.14. The van der Waals surface area contributed by atoms with Gasteiger partial charge in [0.2, 0.25) is 10.0 Å². The standard InChI is InChI=1S/C18H21ClN2O5S/c1-25-10-9-21-27(23,24)15-7-8-17(16(19)11-15)26-13-18(22)20-12-14-5-3-2-4-6-14/h2-8,11,21H,9-10,12-13H2,1H3,(H,20,22). The second kappa shape index (κ2) is 10.3. The maximum Gasteiger partial charge on any atom is 0.258 e. The van der Waals surface area contributed by atoms with Gasteiger partial charge in [-0.1, -0.05) is 41.9 Å². The highest BCUT2D eigenvalue weighted by Gasteiger charge is 2.16. The van der Waals surface area contributed by atoms with Crippen LogP contribution in [-0.2, 0) is 26.1 Å². The second-order valence-corrected chi connectivity index (χ2v) is 7.71. The molecule has 0 bridgehead atoms. The minimum absolute atomic E-state index is 0.00415. The molecule has 0 heterocycles. The lowest BCUT2D eigenvalue weighted by Crippen LogP contribution is -2.28. The molecule has 7 nitrogen and oxygen atoms in total. The predicted octanol–water partition coefficient (Wildman–Crippen LogP) is 1.96. The Hall–Kier alpha value is -2.13. The Morgan fingerprint density at radius 1 is 1.15 bits per heavy atom. The lowest BCUT2D eigenvalue weighted by Gasteiger charge is -2.11. The number of amides is 1. The number of halogens is 1. The molecule has 27 heavy (non-hydrogen) atoms. The molecule has 0 saturated heterocycles. The minimum atomic E-state index is -3.69. The number of carbonyl (C=O) groups is 1. The van der Waals surface area contributed by atoms with Gasteiger partial charge in [-0.2, -0.15) is 0 Å². The summed E-state index contributed by atoms with van der Waals surface area (Å²) in [5, 5.41) is 2.83. The zero-order valence-electron chi connectivity index (χ0n) is 14.8. The third-order valence-electron chi connectivity index (χ3n) is 3.50. The van der Waals surface area contributed by atoms with Crippen molar-refractivity contribution in [3.05, 3.63) is 59.1 Å². The average Bonchev–Trinajstić information content (AvgIpc) is 2.66. The van der Waals surface area contributed by atoms with Crippen LogP contribution in [0.2, 0.25) is 5.02 Å². The van der Waals surface area contributed by atoms with Crippen LogP contribution in [0.5, 0.6) is 5.75 Å². The summed E-state index contributed by atoms with van der Waals surface area (Å²) < 4.78 is 36.8. The van der Waals surface area contributed by atoms with Crippen LogP contribution in [0.3, 0.4) is 0 Å². The summed E-state index contributed by atoms with van der Waals surface area (Å²) in [6.45, 7) is 0.564. The molecule has 0 radical (unpaired) electrons. The van der Waals surface area contributed by atoms with E-state index in [0.717, 1.165) is 5.56 Å². The van der Waals surface area contributed by atoms with E-state index in [2.05, 4.69) is 10.0 Å². The van der Waals surface area contributed by atoms with E-state index in [-0.39, 0.29) is 41.3 Å². The Kier molecular flexibility index (Phi) is 8.05. The number of nitrogens with one attached hydrogen (secondary N) is 2. The van der Waals surface area contributed by atoms with Gasteiger partial charge < -0.3 is 14.8 Å². The number of rotatable bonds is 10. The van der Waals surface area contributed by atoms with Gasteiger partial charge in [-0.25, -0.2) is 13.1 Å². The van der Waals surface area contributed by atoms with Crippen molar-refractivity contribution < 1.29 is 22.7 Å². The van der Waals surface area contributed by atoms with Crippen LogP contribution in [0.25, 0.3) is 0 Å². The molecule has 2 N–H and O–H groups in total. The Morgan fingerprint density at radius 2 is 1.89 bits per heavy atom. The van der Waals surface area contributed by atoms with Gasteiger partial charge in [0.25, 0.3) is 5.91 Å². The molecule has 0 aromatic heterocycles. The van der Waals surface area contributed by atoms with Gasteiger partial charge >= 0.3 is 0 Å². The minimum Gasteiger partial charge on any atom is -0.482 e. The molecule has 0 aliphatic rings. The van der Waals surface area contributed by atoms with E-state index in [1.54, 1.807) is 0 Å². The van der Waals surface area contributed by atoms with Crippen molar-refractivity contribution >= 4 is 27.5 Å². The van der Waals surface area contributed by atoms with E-state index in [4.69, 9.17) is 21.1 Å². The maximum atomic E-state index is 12.1. The highest BCUT2D eigenvalue weighted by Crippen LogP contribution is 2.27. The molecular formula is C18H21ClN2O5S. The summed E-state index contributed by atoms with van der Waals surface area (Å²) in [6.07, 6.45) is 0. The normalized spacial score (nSPS) is 11.2. The molecule has 0 unspecified atom stereocenters. The summed E-state index contributed by atoms with van der Waals surface area (Å²) in [5.41, 5.74) is 0.972. The number of methoxy groups -OCH3 is 1. The third-order valence-corrected chi connectivity index (χ3v) is 5.26. The predicted molar refractivity (Wildman–Crippen MR) is 102 cm³/mol. The molecule has 2 rings (SSSR count). The largest absolute Gasteiger partial charge is 0.482 e. The quantitative estimate of drug-likeness (QED) is 0.582. The van der Waals surface area contributed by atoms with Gasteiger partial charge in [0.1, 0.15) is 5.75 Å². The van der Waals surface area contributed by atoms with Gasteiger partial charge in [0, 0.05) is 20.2 Å². The number of benzene rings is 2. The summed E-state index contributed by atoms with van der Waals surface area (Å²) in [5.74, 6) is -0.0878. The van der Waals surface area contributed by atoms with E-state index in [9.17, 15) is 13.2 Å². The molecule has 2 aromatic carbocycles. The smallest absolute Gasteiger partial charge is 0.258 e. The maximum absolute atomic E-state index is 12.1. The highest BCUT2D eigenvalue weighted by molar-refractivity contribution is 7.89. The van der Waals surface area contributed by atoms with Crippen molar-refractivity contribution in [3.63, 3.8) is 0 Å². The number of sulfonamides is 1. The van der Waals surface area contributed by atoms with Crippen LogP contribution >= 0.6 is 11.6 Å². The van der Waals surface area contributed by atoms with Gasteiger partial charge in [0.15, 0.2) is 6.61 Å². The highest BCUT2D eigenvalue weighted by atomic mass is 35.5. The zero-order chi connectivity index (χ0) is 19.7. The number of ether oxygens (including phenoxy) is 2.